The molecule has 2 aromatic carbocycles. The Bertz CT molecular complexity index is 1190. The van der Waals surface area contributed by atoms with Gasteiger partial charge in [0.05, 0.1) is 6.54 Å². The number of benzene rings is 2. The number of hydrogen-bond acceptors (Lipinski definition) is 7. The Labute approximate surface area is 217 Å². The Hall–Kier alpha value is -3.15. The average molecular weight is 538 g/mol. The number of hydrogen-bond donors (Lipinski definition) is 0. The third-order valence-electron chi connectivity index (χ3n) is 6.20. The van der Waals surface area contributed by atoms with Crippen LogP contribution in [0.15, 0.2) is 46.9 Å². The number of carbonyl (C=O) groups is 1. The number of likely N-dealkylation sites (N-methyl/N-ethyl adjacent to an activating group) is 1. The van der Waals surface area contributed by atoms with E-state index in [9.17, 15) is 18.0 Å². The van der Waals surface area contributed by atoms with Crippen molar-refractivity contribution in [2.45, 2.75) is 19.9 Å². The maximum atomic E-state index is 14.8. The fourth-order valence-corrected chi connectivity index (χ4v) is 4.17. The zero-order valence-electron chi connectivity index (χ0n) is 20.2. The third kappa shape index (κ3) is 7.00. The fourth-order valence-electron chi connectivity index (χ4n) is 4.02. The maximum Gasteiger partial charge on any atom is 0.321 e. The highest BCUT2D eigenvalue weighted by molar-refractivity contribution is 6.66. The molecule has 1 fully saturated rings. The van der Waals surface area contributed by atoms with Crippen LogP contribution in [0.2, 0.25) is 0 Å². The van der Waals surface area contributed by atoms with Crippen molar-refractivity contribution in [3.8, 4) is 17.2 Å². The van der Waals surface area contributed by atoms with Gasteiger partial charge in [0.2, 0.25) is 5.89 Å². The molecule has 37 heavy (non-hydrogen) atoms. The van der Waals surface area contributed by atoms with Gasteiger partial charge in [-0.2, -0.15) is 8.78 Å². The molecule has 1 amide bonds. The maximum absolute atomic E-state index is 14.8. The highest BCUT2D eigenvalue weighted by atomic mass is 35.5. The number of aromatic nitrogens is 2. The summed E-state index contributed by atoms with van der Waals surface area (Å²) in [6.07, 6.45) is -2.92. The molecule has 0 aliphatic carbocycles. The van der Waals surface area contributed by atoms with E-state index in [4.69, 9.17) is 20.8 Å². The van der Waals surface area contributed by atoms with Gasteiger partial charge in [-0.25, -0.2) is 4.39 Å². The minimum Gasteiger partial charge on any atom is -0.492 e. The number of alkyl halides is 2. The van der Waals surface area contributed by atoms with Gasteiger partial charge in [0, 0.05) is 49.5 Å². The number of nitrogens with zero attached hydrogens (tertiary/aromatic N) is 5. The molecule has 1 aliphatic rings. The number of amides is 1. The second-order valence-electron chi connectivity index (χ2n) is 8.51. The van der Waals surface area contributed by atoms with Crippen molar-refractivity contribution in [3.63, 3.8) is 0 Å². The van der Waals surface area contributed by atoms with E-state index in [1.807, 2.05) is 0 Å². The quantitative estimate of drug-likeness (QED) is 0.260. The molecule has 0 N–H and O–H groups in total. The van der Waals surface area contributed by atoms with Crippen molar-refractivity contribution in [1.82, 2.24) is 20.0 Å². The molecule has 12 heteroatoms. The average Bonchev–Trinajstić information content (AvgIpc) is 3.40. The van der Waals surface area contributed by atoms with Gasteiger partial charge in [0.1, 0.15) is 18.2 Å². The molecule has 0 bridgehead atoms. The standard InChI is InChI=1S/C25H27ClF3N5O3/c1-2-32-9-11-33(12-10-32)13-14-36-20-7-5-19(6-8-20)34(25(26)35)16-18-4-3-17(15-21(18)27)23-30-31-24(37-23)22(28)29/h3-8,15,22H,2,9-14,16H2,1H3. The molecule has 1 saturated heterocycles. The normalized spacial score (nSPS) is 14.8. The van der Waals surface area contributed by atoms with Crippen LogP contribution in [0.25, 0.3) is 11.5 Å². The number of halogens is 4. The minimum absolute atomic E-state index is 0.137. The largest absolute Gasteiger partial charge is 0.492 e. The van der Waals surface area contributed by atoms with Crippen molar-refractivity contribution in [2.75, 3.05) is 50.8 Å². The van der Waals surface area contributed by atoms with E-state index in [0.29, 0.717) is 18.0 Å². The molecular formula is C25H27ClF3N5O3. The number of anilines is 1. The van der Waals surface area contributed by atoms with E-state index in [-0.39, 0.29) is 23.6 Å². The summed E-state index contributed by atoms with van der Waals surface area (Å²) >= 11 is 5.79. The first-order valence-corrected chi connectivity index (χ1v) is 12.3. The van der Waals surface area contributed by atoms with Crippen LogP contribution < -0.4 is 9.64 Å². The second kappa shape index (κ2) is 12.4. The van der Waals surface area contributed by atoms with Crippen LogP contribution in [0, 0.1) is 5.82 Å². The van der Waals surface area contributed by atoms with Gasteiger partial charge in [-0.05, 0) is 54.5 Å². The summed E-state index contributed by atoms with van der Waals surface area (Å²) in [5, 5.41) is 5.96. The molecule has 2 heterocycles. The van der Waals surface area contributed by atoms with E-state index in [1.54, 1.807) is 24.3 Å². The molecule has 3 aromatic rings. The first kappa shape index (κ1) is 26.9. The van der Waals surface area contributed by atoms with Crippen LogP contribution in [-0.4, -0.2) is 71.2 Å². The zero-order chi connectivity index (χ0) is 26.4. The van der Waals surface area contributed by atoms with Gasteiger partial charge in [-0.3, -0.25) is 14.6 Å². The Kier molecular flexibility index (Phi) is 9.01. The summed E-state index contributed by atoms with van der Waals surface area (Å²) in [6.45, 7) is 8.62. The summed E-state index contributed by atoms with van der Waals surface area (Å²) in [5.41, 5.74) is 0.762. The molecule has 1 aliphatic heterocycles. The molecule has 8 nitrogen and oxygen atoms in total. The van der Waals surface area contributed by atoms with E-state index < -0.39 is 23.5 Å². The van der Waals surface area contributed by atoms with Crippen molar-refractivity contribution < 1.29 is 27.1 Å². The Morgan fingerprint density at radius 2 is 1.81 bits per heavy atom. The number of carbonyl (C=O) groups excluding carboxylic acids is 1. The lowest BCUT2D eigenvalue weighted by molar-refractivity contribution is 0.116. The van der Waals surface area contributed by atoms with Gasteiger partial charge in [0.25, 0.3) is 5.89 Å². The van der Waals surface area contributed by atoms with Crippen molar-refractivity contribution in [3.05, 3.63) is 59.7 Å². The summed E-state index contributed by atoms with van der Waals surface area (Å²) in [4.78, 5) is 18.1. The fraction of sp³-hybridized carbons (Fsp3) is 0.400. The van der Waals surface area contributed by atoms with Gasteiger partial charge in [-0.15, -0.1) is 10.2 Å². The lowest BCUT2D eigenvalue weighted by atomic mass is 10.1. The Balaban J connectivity index is 1.35. The van der Waals surface area contributed by atoms with Gasteiger partial charge < -0.3 is 14.1 Å². The number of piperazine rings is 1. The second-order valence-corrected chi connectivity index (χ2v) is 8.83. The molecule has 198 valence electrons. The Morgan fingerprint density at radius 3 is 2.41 bits per heavy atom. The third-order valence-corrected chi connectivity index (χ3v) is 6.41. The molecule has 0 spiro atoms. The summed E-state index contributed by atoms with van der Waals surface area (Å²) in [7, 11) is 0. The van der Waals surface area contributed by atoms with E-state index >= 15 is 0 Å². The van der Waals surface area contributed by atoms with Crippen LogP contribution in [0.4, 0.5) is 23.7 Å². The summed E-state index contributed by atoms with van der Waals surface area (Å²) < 4.78 is 50.8. The van der Waals surface area contributed by atoms with E-state index in [1.165, 1.54) is 17.0 Å². The van der Waals surface area contributed by atoms with Crippen LogP contribution in [0.5, 0.6) is 5.75 Å². The smallest absolute Gasteiger partial charge is 0.321 e. The molecular weight excluding hydrogens is 511 g/mol. The highest BCUT2D eigenvalue weighted by Gasteiger charge is 2.20. The number of rotatable bonds is 10. The topological polar surface area (TPSA) is 74.9 Å². The van der Waals surface area contributed by atoms with Gasteiger partial charge in [0.15, 0.2) is 0 Å². The SMILES string of the molecule is CCN1CCN(CCOc2ccc(N(Cc3ccc(-c4nnc(C(F)F)o4)cc3F)C(=O)Cl)cc2)CC1. The predicted octanol–water partition coefficient (Wildman–Crippen LogP) is 5.20. The summed E-state index contributed by atoms with van der Waals surface area (Å²) in [6, 6.07) is 10.7. The zero-order valence-corrected chi connectivity index (χ0v) is 21.0. The van der Waals surface area contributed by atoms with Gasteiger partial charge >= 0.3 is 11.8 Å². The van der Waals surface area contributed by atoms with Crippen LogP contribution in [0.1, 0.15) is 24.8 Å². The highest BCUT2D eigenvalue weighted by Crippen LogP contribution is 2.27. The molecule has 0 radical (unpaired) electrons. The van der Waals surface area contributed by atoms with Crippen molar-refractivity contribution in [1.29, 1.82) is 0 Å². The molecule has 4 rings (SSSR count). The van der Waals surface area contributed by atoms with Crippen LogP contribution in [-0.2, 0) is 6.54 Å². The lowest BCUT2D eigenvalue weighted by Gasteiger charge is -2.33. The molecule has 1 aromatic heterocycles. The van der Waals surface area contributed by atoms with E-state index in [0.717, 1.165) is 45.3 Å². The minimum atomic E-state index is -2.92. The predicted molar refractivity (Wildman–Crippen MR) is 133 cm³/mol. The monoisotopic (exact) mass is 537 g/mol. The van der Waals surface area contributed by atoms with Crippen molar-refractivity contribution in [2.24, 2.45) is 0 Å². The van der Waals surface area contributed by atoms with Crippen LogP contribution in [0.3, 0.4) is 0 Å². The molecule has 0 saturated carbocycles. The first-order valence-electron chi connectivity index (χ1n) is 11.9. The molecule has 0 atom stereocenters. The number of ether oxygens (including phenoxy) is 1. The lowest BCUT2D eigenvalue weighted by Crippen LogP contribution is -2.47. The van der Waals surface area contributed by atoms with Crippen molar-refractivity contribution >= 4 is 22.7 Å². The first-order chi connectivity index (χ1) is 17.8. The Morgan fingerprint density at radius 1 is 1.11 bits per heavy atom. The van der Waals surface area contributed by atoms with Crippen LogP contribution >= 0.6 is 11.6 Å². The van der Waals surface area contributed by atoms with Gasteiger partial charge in [-0.1, -0.05) is 13.0 Å². The summed E-state index contributed by atoms with van der Waals surface area (Å²) in [5.74, 6) is -1.11. The van der Waals surface area contributed by atoms with E-state index in [2.05, 4.69) is 26.9 Å². The molecule has 0 unspecified atom stereocenters.